The minimum absolute atomic E-state index is 0.631. The molecule has 0 bridgehead atoms. The van der Waals surface area contributed by atoms with Crippen LogP contribution < -0.4 is 5.84 Å². The fourth-order valence-electron chi connectivity index (χ4n) is 1.30. The first-order valence-electron chi connectivity index (χ1n) is 3.92. The number of nitrogens with zero attached hydrogens (tertiary/aromatic N) is 2. The fourth-order valence-corrected chi connectivity index (χ4v) is 1.45. The minimum Gasteiger partial charge on any atom is -0.336 e. The summed E-state index contributed by atoms with van der Waals surface area (Å²) < 4.78 is 2.08. The van der Waals surface area contributed by atoms with Gasteiger partial charge in [-0.25, -0.2) is 9.66 Å². The van der Waals surface area contributed by atoms with Crippen LogP contribution >= 0.6 is 12.2 Å². The van der Waals surface area contributed by atoms with E-state index >= 15 is 0 Å². The van der Waals surface area contributed by atoms with Crippen molar-refractivity contribution in [2.24, 2.45) is 0 Å². The summed E-state index contributed by atoms with van der Waals surface area (Å²) in [5.74, 6) is 5.77. The molecule has 0 aromatic carbocycles. The first kappa shape index (κ1) is 8.19. The van der Waals surface area contributed by atoms with Gasteiger partial charge in [0.2, 0.25) is 0 Å². The second-order valence-electron chi connectivity index (χ2n) is 2.92. The molecule has 0 unspecified atom stereocenters. The molecular weight excluding hydrogens is 182 g/mol. The van der Waals surface area contributed by atoms with Gasteiger partial charge in [-0.1, -0.05) is 12.2 Å². The van der Waals surface area contributed by atoms with Crippen molar-refractivity contribution in [1.29, 1.82) is 0 Å². The Morgan fingerprint density at radius 3 is 3.08 bits per heavy atom. The number of pyridine rings is 2. The first-order valence-corrected chi connectivity index (χ1v) is 4.33. The van der Waals surface area contributed by atoms with Crippen molar-refractivity contribution in [3.63, 3.8) is 0 Å². The van der Waals surface area contributed by atoms with Gasteiger partial charge in [-0.05, 0) is 30.7 Å². The van der Waals surface area contributed by atoms with Crippen LogP contribution in [0, 0.1) is 11.6 Å². The predicted octanol–water partition coefficient (Wildman–Crippen LogP) is 1.79. The molecule has 66 valence electrons. The molecule has 0 saturated carbocycles. The third-order valence-corrected chi connectivity index (χ3v) is 2.49. The summed E-state index contributed by atoms with van der Waals surface area (Å²) in [7, 11) is 0. The zero-order chi connectivity index (χ0) is 9.42. The van der Waals surface area contributed by atoms with Crippen LogP contribution in [0.2, 0.25) is 0 Å². The molecule has 2 aromatic heterocycles. The van der Waals surface area contributed by atoms with Crippen LogP contribution in [0.4, 0.5) is 0 Å². The molecule has 0 fully saturated rings. The molecule has 2 rings (SSSR count). The third kappa shape index (κ3) is 1.19. The van der Waals surface area contributed by atoms with Crippen molar-refractivity contribution in [3.8, 4) is 0 Å². The van der Waals surface area contributed by atoms with E-state index in [4.69, 9.17) is 18.1 Å². The summed E-state index contributed by atoms with van der Waals surface area (Å²) in [6.07, 6.45) is 1.70. The van der Waals surface area contributed by atoms with E-state index in [1.807, 2.05) is 25.1 Å². The summed E-state index contributed by atoms with van der Waals surface area (Å²) in [5, 5.41) is 1.01. The van der Waals surface area contributed by atoms with Gasteiger partial charge in [0, 0.05) is 11.6 Å². The van der Waals surface area contributed by atoms with Gasteiger partial charge in [0.05, 0.1) is 0 Å². The van der Waals surface area contributed by atoms with Crippen LogP contribution in [-0.4, -0.2) is 9.66 Å². The number of hydrogen-bond acceptors (Lipinski definition) is 3. The molecule has 0 saturated heterocycles. The standard InChI is InChI=1S/C9H9N3S/c1-6-5-7-3-2-4-11-8(7)12(10)9(6)13/h2-5H,10H2,1H3. The molecular formula is C9H9N3S. The van der Waals surface area contributed by atoms with Crippen molar-refractivity contribution < 1.29 is 0 Å². The van der Waals surface area contributed by atoms with Crippen molar-refractivity contribution in [2.45, 2.75) is 6.92 Å². The number of aryl methyl sites for hydroxylation is 1. The van der Waals surface area contributed by atoms with E-state index in [9.17, 15) is 0 Å². The smallest absolute Gasteiger partial charge is 0.159 e. The largest absolute Gasteiger partial charge is 0.336 e. The van der Waals surface area contributed by atoms with E-state index in [1.54, 1.807) is 6.20 Å². The molecule has 2 heterocycles. The highest BCUT2D eigenvalue weighted by Crippen LogP contribution is 2.12. The van der Waals surface area contributed by atoms with E-state index in [0.29, 0.717) is 4.64 Å². The molecule has 3 nitrogen and oxygen atoms in total. The SMILES string of the molecule is Cc1cc2cccnc2n(N)c1=S. The van der Waals surface area contributed by atoms with E-state index < -0.39 is 0 Å². The average Bonchev–Trinajstić information content (AvgIpc) is 2.15. The average molecular weight is 191 g/mol. The number of nitrogen functional groups attached to an aromatic ring is 1. The van der Waals surface area contributed by atoms with Gasteiger partial charge >= 0.3 is 0 Å². The van der Waals surface area contributed by atoms with E-state index in [0.717, 1.165) is 16.6 Å². The molecule has 0 aliphatic heterocycles. The maximum Gasteiger partial charge on any atom is 0.159 e. The monoisotopic (exact) mass is 191 g/mol. The first-order chi connectivity index (χ1) is 6.20. The Morgan fingerprint density at radius 2 is 2.31 bits per heavy atom. The normalized spacial score (nSPS) is 10.5. The molecule has 0 aliphatic rings. The van der Waals surface area contributed by atoms with Crippen molar-refractivity contribution in [2.75, 3.05) is 5.84 Å². The maximum absolute atomic E-state index is 5.77. The second kappa shape index (κ2) is 2.81. The molecule has 2 aromatic rings. The van der Waals surface area contributed by atoms with Gasteiger partial charge in [0.25, 0.3) is 0 Å². The van der Waals surface area contributed by atoms with Crippen molar-refractivity contribution in [1.82, 2.24) is 9.66 Å². The Kier molecular flexibility index (Phi) is 1.77. The lowest BCUT2D eigenvalue weighted by Gasteiger charge is -2.05. The van der Waals surface area contributed by atoms with Crippen LogP contribution in [0.5, 0.6) is 0 Å². The summed E-state index contributed by atoms with van der Waals surface area (Å²) in [6.45, 7) is 1.94. The highest BCUT2D eigenvalue weighted by atomic mass is 32.1. The van der Waals surface area contributed by atoms with E-state index in [-0.39, 0.29) is 0 Å². The van der Waals surface area contributed by atoms with Gasteiger partial charge in [0.1, 0.15) is 4.64 Å². The number of fused-ring (bicyclic) bond motifs is 1. The molecule has 0 aliphatic carbocycles. The Bertz CT molecular complexity index is 516. The third-order valence-electron chi connectivity index (χ3n) is 1.97. The number of aromatic nitrogens is 2. The van der Waals surface area contributed by atoms with E-state index in [2.05, 4.69) is 4.98 Å². The van der Waals surface area contributed by atoms with Crippen molar-refractivity contribution in [3.05, 3.63) is 34.6 Å². The zero-order valence-corrected chi connectivity index (χ0v) is 8.01. The highest BCUT2D eigenvalue weighted by Gasteiger charge is 2.00. The molecule has 0 atom stereocenters. The molecule has 0 radical (unpaired) electrons. The van der Waals surface area contributed by atoms with Gasteiger partial charge in [-0.2, -0.15) is 0 Å². The van der Waals surface area contributed by atoms with Gasteiger partial charge < -0.3 is 5.84 Å². The number of hydrogen-bond donors (Lipinski definition) is 1. The lowest BCUT2D eigenvalue weighted by molar-refractivity contribution is 0.982. The molecule has 0 spiro atoms. The molecule has 4 heteroatoms. The molecule has 2 N–H and O–H groups in total. The minimum atomic E-state index is 0.631. The van der Waals surface area contributed by atoms with Gasteiger partial charge in [0.15, 0.2) is 5.65 Å². The predicted molar refractivity (Wildman–Crippen MR) is 55.5 cm³/mol. The van der Waals surface area contributed by atoms with Crippen LogP contribution in [0.15, 0.2) is 24.4 Å². The summed E-state index contributed by atoms with van der Waals surface area (Å²) in [6, 6.07) is 5.84. The Labute approximate surface area is 80.8 Å². The molecule has 0 amide bonds. The Hall–Kier alpha value is -1.42. The number of rotatable bonds is 0. The number of nitrogens with two attached hydrogens (primary N) is 1. The van der Waals surface area contributed by atoms with Gasteiger partial charge in [-0.15, -0.1) is 0 Å². The topological polar surface area (TPSA) is 43.8 Å². The maximum atomic E-state index is 5.77. The van der Waals surface area contributed by atoms with E-state index in [1.165, 1.54) is 4.68 Å². The fraction of sp³-hybridized carbons (Fsp3) is 0.111. The van der Waals surface area contributed by atoms with Crippen LogP contribution in [0.3, 0.4) is 0 Å². The molecule has 13 heavy (non-hydrogen) atoms. The van der Waals surface area contributed by atoms with Crippen LogP contribution in [-0.2, 0) is 0 Å². The summed E-state index contributed by atoms with van der Waals surface area (Å²) in [5.41, 5.74) is 1.72. The Balaban J connectivity index is 3.02. The van der Waals surface area contributed by atoms with Gasteiger partial charge in [-0.3, -0.25) is 0 Å². The lowest BCUT2D eigenvalue weighted by Crippen LogP contribution is -2.13. The summed E-state index contributed by atoms with van der Waals surface area (Å²) in [4.78, 5) is 4.15. The Morgan fingerprint density at radius 1 is 1.54 bits per heavy atom. The quantitative estimate of drug-likeness (QED) is 0.510. The summed E-state index contributed by atoms with van der Waals surface area (Å²) >= 11 is 5.12. The zero-order valence-electron chi connectivity index (χ0n) is 7.19. The highest BCUT2D eigenvalue weighted by molar-refractivity contribution is 7.71. The second-order valence-corrected chi connectivity index (χ2v) is 3.31. The lowest BCUT2D eigenvalue weighted by atomic mass is 10.2. The van der Waals surface area contributed by atoms with Crippen LogP contribution in [0.1, 0.15) is 5.56 Å². The van der Waals surface area contributed by atoms with Crippen molar-refractivity contribution >= 4 is 23.3 Å². The van der Waals surface area contributed by atoms with Crippen LogP contribution in [0.25, 0.3) is 11.0 Å².